The van der Waals surface area contributed by atoms with E-state index in [9.17, 15) is 13.2 Å². The molecule has 1 fully saturated rings. The lowest BCUT2D eigenvalue weighted by Gasteiger charge is -2.12. The highest BCUT2D eigenvalue weighted by atomic mass is 32.2. The third kappa shape index (κ3) is 4.30. The van der Waals surface area contributed by atoms with Gasteiger partial charge in [-0.25, -0.2) is 8.42 Å². The van der Waals surface area contributed by atoms with Crippen LogP contribution in [0.5, 0.6) is 0 Å². The standard InChI is InChI=1S/C10H18O4S/c1-8-5-6-14-10(8)9(11)4-3-7-15(2,12)13/h8,10H,3-7H2,1-2H3. The van der Waals surface area contributed by atoms with Crippen LogP contribution in [0.15, 0.2) is 0 Å². The van der Waals surface area contributed by atoms with E-state index in [2.05, 4.69) is 0 Å². The van der Waals surface area contributed by atoms with E-state index < -0.39 is 9.84 Å². The average Bonchev–Trinajstić information content (AvgIpc) is 2.48. The molecule has 15 heavy (non-hydrogen) atoms. The van der Waals surface area contributed by atoms with Gasteiger partial charge >= 0.3 is 0 Å². The lowest BCUT2D eigenvalue weighted by molar-refractivity contribution is -0.129. The summed E-state index contributed by atoms with van der Waals surface area (Å²) in [7, 11) is -2.95. The highest BCUT2D eigenvalue weighted by Crippen LogP contribution is 2.22. The molecule has 1 aliphatic heterocycles. The van der Waals surface area contributed by atoms with Gasteiger partial charge in [-0.05, 0) is 18.8 Å². The van der Waals surface area contributed by atoms with Gasteiger partial charge in [0.2, 0.25) is 0 Å². The molecule has 0 aromatic heterocycles. The first kappa shape index (κ1) is 12.6. The number of hydrogen-bond donors (Lipinski definition) is 0. The van der Waals surface area contributed by atoms with Crippen LogP contribution in [0.25, 0.3) is 0 Å². The first-order valence-electron chi connectivity index (χ1n) is 5.22. The SMILES string of the molecule is CC1CCOC1C(=O)CCCS(C)(=O)=O. The number of ketones is 1. The minimum atomic E-state index is -2.95. The lowest BCUT2D eigenvalue weighted by atomic mass is 9.98. The van der Waals surface area contributed by atoms with Crippen LogP contribution < -0.4 is 0 Å². The average molecular weight is 234 g/mol. The van der Waals surface area contributed by atoms with E-state index >= 15 is 0 Å². The number of hydrogen-bond acceptors (Lipinski definition) is 4. The van der Waals surface area contributed by atoms with Crippen LogP contribution in [0.3, 0.4) is 0 Å². The maximum atomic E-state index is 11.6. The molecule has 1 heterocycles. The number of sulfone groups is 1. The Labute approximate surface area is 90.9 Å². The van der Waals surface area contributed by atoms with E-state index in [1.165, 1.54) is 6.26 Å². The monoisotopic (exact) mass is 234 g/mol. The van der Waals surface area contributed by atoms with Gasteiger partial charge in [-0.15, -0.1) is 0 Å². The fourth-order valence-corrected chi connectivity index (χ4v) is 2.43. The third-order valence-corrected chi connectivity index (χ3v) is 3.67. The van der Waals surface area contributed by atoms with Gasteiger partial charge < -0.3 is 4.74 Å². The van der Waals surface area contributed by atoms with E-state index in [4.69, 9.17) is 4.74 Å². The van der Waals surface area contributed by atoms with Gasteiger partial charge in [-0.2, -0.15) is 0 Å². The Morgan fingerprint density at radius 3 is 2.60 bits per heavy atom. The Hall–Kier alpha value is -0.420. The van der Waals surface area contributed by atoms with Crippen LogP contribution in [-0.4, -0.2) is 38.9 Å². The molecule has 88 valence electrons. The molecule has 0 amide bonds. The molecule has 5 heteroatoms. The van der Waals surface area contributed by atoms with E-state index in [1.54, 1.807) is 0 Å². The zero-order valence-electron chi connectivity index (χ0n) is 9.23. The molecule has 1 rings (SSSR count). The predicted octanol–water partition coefficient (Wildman–Crippen LogP) is 0.805. The normalized spacial score (nSPS) is 26.8. The minimum absolute atomic E-state index is 0.0450. The highest BCUT2D eigenvalue weighted by Gasteiger charge is 2.30. The van der Waals surface area contributed by atoms with Crippen molar-refractivity contribution >= 4 is 15.6 Å². The highest BCUT2D eigenvalue weighted by molar-refractivity contribution is 7.90. The van der Waals surface area contributed by atoms with E-state index in [0.717, 1.165) is 6.42 Å². The van der Waals surface area contributed by atoms with Gasteiger partial charge in [0.15, 0.2) is 5.78 Å². The van der Waals surface area contributed by atoms with Crippen molar-refractivity contribution in [1.29, 1.82) is 0 Å². The van der Waals surface area contributed by atoms with Crippen molar-refractivity contribution in [3.63, 3.8) is 0 Å². The Morgan fingerprint density at radius 2 is 2.13 bits per heavy atom. The zero-order chi connectivity index (χ0) is 11.5. The maximum absolute atomic E-state index is 11.6. The van der Waals surface area contributed by atoms with Crippen molar-refractivity contribution in [3.05, 3.63) is 0 Å². The quantitative estimate of drug-likeness (QED) is 0.706. The Morgan fingerprint density at radius 1 is 1.47 bits per heavy atom. The molecule has 4 nitrogen and oxygen atoms in total. The number of carbonyl (C=O) groups excluding carboxylic acids is 1. The summed E-state index contributed by atoms with van der Waals surface area (Å²) in [6.07, 6.45) is 2.52. The molecule has 2 atom stereocenters. The summed E-state index contributed by atoms with van der Waals surface area (Å²) in [6, 6.07) is 0. The molecule has 0 radical (unpaired) electrons. The molecular formula is C10H18O4S. The van der Waals surface area contributed by atoms with Gasteiger partial charge in [0, 0.05) is 19.3 Å². The molecule has 2 unspecified atom stereocenters. The molecule has 0 saturated carbocycles. The van der Waals surface area contributed by atoms with Gasteiger partial charge in [-0.3, -0.25) is 4.79 Å². The van der Waals surface area contributed by atoms with Crippen LogP contribution in [0.4, 0.5) is 0 Å². The van der Waals surface area contributed by atoms with Crippen LogP contribution in [-0.2, 0) is 19.4 Å². The second-order valence-corrected chi connectivity index (χ2v) is 6.52. The fraction of sp³-hybridized carbons (Fsp3) is 0.900. The van der Waals surface area contributed by atoms with Crippen molar-refractivity contribution in [2.24, 2.45) is 5.92 Å². The fourth-order valence-electron chi connectivity index (χ4n) is 1.76. The molecule has 0 N–H and O–H groups in total. The van der Waals surface area contributed by atoms with E-state index in [0.29, 0.717) is 19.4 Å². The van der Waals surface area contributed by atoms with Gasteiger partial charge in [0.25, 0.3) is 0 Å². The Kier molecular flexibility index (Phi) is 4.28. The number of rotatable bonds is 5. The number of carbonyl (C=O) groups is 1. The summed E-state index contributed by atoms with van der Waals surface area (Å²) in [4.78, 5) is 11.6. The second kappa shape index (κ2) is 5.07. The Balaban J connectivity index is 2.30. The predicted molar refractivity (Wildman–Crippen MR) is 57.5 cm³/mol. The first-order chi connectivity index (χ1) is 6.90. The number of ether oxygens (including phenoxy) is 1. The molecule has 0 spiro atoms. The second-order valence-electron chi connectivity index (χ2n) is 4.26. The summed E-state index contributed by atoms with van der Waals surface area (Å²) in [5.74, 6) is 0.402. The summed E-state index contributed by atoms with van der Waals surface area (Å²) < 4.78 is 27.0. The van der Waals surface area contributed by atoms with Gasteiger partial charge in [-0.1, -0.05) is 6.92 Å². The topological polar surface area (TPSA) is 60.4 Å². The lowest BCUT2D eigenvalue weighted by Crippen LogP contribution is -2.25. The zero-order valence-corrected chi connectivity index (χ0v) is 10.0. The van der Waals surface area contributed by atoms with Crippen LogP contribution in [0.1, 0.15) is 26.2 Å². The summed E-state index contributed by atoms with van der Waals surface area (Å²) >= 11 is 0. The Bertz CT molecular complexity index is 320. The maximum Gasteiger partial charge on any atom is 0.161 e. The molecule has 1 saturated heterocycles. The molecule has 0 bridgehead atoms. The third-order valence-electron chi connectivity index (χ3n) is 2.64. The molecular weight excluding hydrogens is 216 g/mol. The van der Waals surface area contributed by atoms with Crippen molar-refractivity contribution in [3.8, 4) is 0 Å². The molecule has 0 aliphatic carbocycles. The molecule has 1 aliphatic rings. The van der Waals surface area contributed by atoms with E-state index in [1.807, 2.05) is 6.92 Å². The van der Waals surface area contributed by atoms with Crippen molar-refractivity contribution in [2.75, 3.05) is 18.6 Å². The molecule has 0 aromatic carbocycles. The van der Waals surface area contributed by atoms with Crippen LogP contribution >= 0.6 is 0 Å². The first-order valence-corrected chi connectivity index (χ1v) is 7.28. The van der Waals surface area contributed by atoms with Crippen molar-refractivity contribution < 1.29 is 17.9 Å². The number of Topliss-reactive ketones (excluding diaryl/α,β-unsaturated/α-hetero) is 1. The largest absolute Gasteiger partial charge is 0.370 e. The van der Waals surface area contributed by atoms with Crippen molar-refractivity contribution in [2.45, 2.75) is 32.3 Å². The van der Waals surface area contributed by atoms with Gasteiger partial charge in [0.1, 0.15) is 15.9 Å². The van der Waals surface area contributed by atoms with E-state index in [-0.39, 0.29) is 23.6 Å². The summed E-state index contributed by atoms with van der Waals surface area (Å²) in [6.45, 7) is 2.63. The van der Waals surface area contributed by atoms with Gasteiger partial charge in [0.05, 0.1) is 5.75 Å². The van der Waals surface area contributed by atoms with Crippen molar-refractivity contribution in [1.82, 2.24) is 0 Å². The molecule has 0 aromatic rings. The van der Waals surface area contributed by atoms with Crippen LogP contribution in [0, 0.1) is 5.92 Å². The van der Waals surface area contributed by atoms with Crippen LogP contribution in [0.2, 0.25) is 0 Å². The summed E-state index contributed by atoms with van der Waals surface area (Å²) in [5, 5.41) is 0. The summed E-state index contributed by atoms with van der Waals surface area (Å²) in [5.41, 5.74) is 0. The minimum Gasteiger partial charge on any atom is -0.370 e. The smallest absolute Gasteiger partial charge is 0.161 e.